The highest BCUT2D eigenvalue weighted by Gasteiger charge is 2.32. The largest absolute Gasteiger partial charge is 0.392 e. The third-order valence-corrected chi connectivity index (χ3v) is 8.57. The maximum atomic E-state index is 13.1. The van der Waals surface area contributed by atoms with E-state index in [0.29, 0.717) is 29.0 Å². The number of ether oxygens (including phenoxy) is 2. The summed E-state index contributed by atoms with van der Waals surface area (Å²) in [6.45, 7) is 3.40. The van der Waals surface area contributed by atoms with Gasteiger partial charge in [-0.25, -0.2) is 0 Å². The van der Waals surface area contributed by atoms with Crippen LogP contribution < -0.4 is 5.32 Å². The SMILES string of the molecule is CC(=O)c1cccc(NC(=O)c2cccc(C3O[C@H](CSc4nnc(C)s4)C[C@H](c4ccc(CO)cc4)O3)c2)c1. The van der Waals surface area contributed by atoms with Crippen LogP contribution in [-0.2, 0) is 16.1 Å². The molecule has 1 aliphatic heterocycles. The Morgan fingerprint density at radius 1 is 1.00 bits per heavy atom. The van der Waals surface area contributed by atoms with Crippen LogP contribution in [0.5, 0.6) is 0 Å². The molecule has 0 bridgehead atoms. The molecule has 3 atom stereocenters. The zero-order valence-electron chi connectivity index (χ0n) is 22.1. The van der Waals surface area contributed by atoms with Crippen LogP contribution in [0.2, 0.25) is 0 Å². The number of carbonyl (C=O) groups excluding carboxylic acids is 2. The molecular formula is C30H29N3O5S2. The van der Waals surface area contributed by atoms with Gasteiger partial charge in [0, 0.05) is 34.6 Å². The monoisotopic (exact) mass is 575 g/mol. The highest BCUT2D eigenvalue weighted by molar-refractivity contribution is 8.01. The van der Waals surface area contributed by atoms with Crippen molar-refractivity contribution in [1.29, 1.82) is 0 Å². The summed E-state index contributed by atoms with van der Waals surface area (Å²) < 4.78 is 13.7. The van der Waals surface area contributed by atoms with Crippen LogP contribution in [-0.4, -0.2) is 38.9 Å². The molecule has 1 saturated heterocycles. The minimum absolute atomic E-state index is 0.0219. The van der Waals surface area contributed by atoms with Gasteiger partial charge < -0.3 is 19.9 Å². The van der Waals surface area contributed by atoms with E-state index in [4.69, 9.17) is 9.47 Å². The number of ketones is 1. The van der Waals surface area contributed by atoms with Crippen LogP contribution in [0.1, 0.15) is 68.2 Å². The number of nitrogens with zero attached hydrogens (tertiary/aromatic N) is 2. The number of amides is 1. The fourth-order valence-electron chi connectivity index (χ4n) is 4.37. The van der Waals surface area contributed by atoms with Crippen LogP contribution >= 0.6 is 23.1 Å². The Labute approximate surface area is 240 Å². The first kappa shape index (κ1) is 28.1. The van der Waals surface area contributed by atoms with Crippen molar-refractivity contribution < 1.29 is 24.2 Å². The minimum Gasteiger partial charge on any atom is -0.392 e. The maximum Gasteiger partial charge on any atom is 0.255 e. The van der Waals surface area contributed by atoms with Crippen molar-refractivity contribution >= 4 is 40.5 Å². The Morgan fingerprint density at radius 2 is 1.77 bits per heavy atom. The molecule has 206 valence electrons. The summed E-state index contributed by atoms with van der Waals surface area (Å²) in [4.78, 5) is 24.8. The highest BCUT2D eigenvalue weighted by Crippen LogP contribution is 2.40. The summed E-state index contributed by atoms with van der Waals surface area (Å²) in [5.41, 5.74) is 4.07. The lowest BCUT2D eigenvalue weighted by molar-refractivity contribution is -0.245. The number of nitrogens with one attached hydrogen (secondary N) is 1. The van der Waals surface area contributed by atoms with Gasteiger partial charge in [-0.15, -0.1) is 10.2 Å². The quantitative estimate of drug-likeness (QED) is 0.181. The van der Waals surface area contributed by atoms with E-state index in [1.54, 1.807) is 65.6 Å². The molecule has 4 aromatic rings. The van der Waals surface area contributed by atoms with Gasteiger partial charge in [0.25, 0.3) is 5.91 Å². The van der Waals surface area contributed by atoms with Crippen molar-refractivity contribution in [2.24, 2.45) is 0 Å². The number of benzene rings is 3. The van der Waals surface area contributed by atoms with Crippen LogP contribution in [0.4, 0.5) is 5.69 Å². The molecule has 5 rings (SSSR count). The van der Waals surface area contributed by atoms with Gasteiger partial charge in [-0.05, 0) is 49.2 Å². The Bertz CT molecular complexity index is 1490. The zero-order chi connectivity index (χ0) is 28.1. The van der Waals surface area contributed by atoms with Crippen molar-refractivity contribution in [3.8, 4) is 0 Å². The van der Waals surface area contributed by atoms with Crippen molar-refractivity contribution in [1.82, 2.24) is 10.2 Å². The molecule has 40 heavy (non-hydrogen) atoms. The molecule has 0 radical (unpaired) electrons. The van der Waals surface area contributed by atoms with Gasteiger partial charge in [0.05, 0.1) is 18.8 Å². The van der Waals surface area contributed by atoms with Gasteiger partial charge >= 0.3 is 0 Å². The molecule has 3 aromatic carbocycles. The number of aryl methyl sites for hydroxylation is 1. The number of anilines is 1. The molecule has 1 unspecified atom stereocenters. The third-order valence-electron chi connectivity index (χ3n) is 6.46. The third kappa shape index (κ3) is 7.01. The number of thioether (sulfide) groups is 1. The predicted octanol–water partition coefficient (Wildman–Crippen LogP) is 6.13. The van der Waals surface area contributed by atoms with Crippen LogP contribution in [0, 0.1) is 6.92 Å². The topological polar surface area (TPSA) is 111 Å². The van der Waals surface area contributed by atoms with E-state index >= 15 is 0 Å². The summed E-state index contributed by atoms with van der Waals surface area (Å²) in [5.74, 6) is 0.305. The van der Waals surface area contributed by atoms with Gasteiger partial charge in [0.15, 0.2) is 16.4 Å². The number of aromatic nitrogens is 2. The first-order chi connectivity index (χ1) is 19.4. The van der Waals surface area contributed by atoms with Gasteiger partial charge in [-0.2, -0.15) is 0 Å². The average Bonchev–Trinajstić information content (AvgIpc) is 3.41. The Morgan fingerprint density at radius 3 is 2.50 bits per heavy atom. The van der Waals surface area contributed by atoms with Crippen molar-refractivity contribution in [3.05, 3.63) is 106 Å². The number of hydrogen-bond donors (Lipinski definition) is 2. The lowest BCUT2D eigenvalue weighted by atomic mass is 10.0. The predicted molar refractivity (Wildman–Crippen MR) is 155 cm³/mol. The molecule has 0 aliphatic carbocycles. The van der Waals surface area contributed by atoms with Crippen LogP contribution in [0.3, 0.4) is 0 Å². The molecule has 1 aliphatic rings. The second kappa shape index (κ2) is 12.8. The molecular weight excluding hydrogens is 546 g/mol. The van der Waals surface area contributed by atoms with E-state index in [-0.39, 0.29) is 30.5 Å². The molecule has 10 heteroatoms. The number of rotatable bonds is 9. The summed E-state index contributed by atoms with van der Waals surface area (Å²) >= 11 is 3.15. The smallest absolute Gasteiger partial charge is 0.255 e. The molecule has 0 spiro atoms. The number of Topliss-reactive ketones (excluding diaryl/α,β-unsaturated/α-hetero) is 1. The molecule has 2 heterocycles. The Kier molecular flexibility index (Phi) is 9.03. The van der Waals surface area contributed by atoms with Gasteiger partial charge in [-0.1, -0.05) is 71.6 Å². The molecule has 1 fully saturated rings. The number of aliphatic hydroxyl groups excluding tert-OH is 1. The number of carbonyl (C=O) groups is 2. The van der Waals surface area contributed by atoms with Gasteiger partial charge in [0.2, 0.25) is 0 Å². The molecule has 1 amide bonds. The molecule has 0 saturated carbocycles. The first-order valence-electron chi connectivity index (χ1n) is 12.8. The van der Waals surface area contributed by atoms with E-state index in [1.807, 2.05) is 37.3 Å². The molecule has 2 N–H and O–H groups in total. The van der Waals surface area contributed by atoms with Crippen LogP contribution in [0.25, 0.3) is 0 Å². The summed E-state index contributed by atoms with van der Waals surface area (Å²) in [5, 5.41) is 21.5. The summed E-state index contributed by atoms with van der Waals surface area (Å²) in [7, 11) is 0. The van der Waals surface area contributed by atoms with Crippen molar-refractivity contribution in [2.45, 2.75) is 49.7 Å². The van der Waals surface area contributed by atoms with Gasteiger partial charge in [0.1, 0.15) is 5.01 Å². The van der Waals surface area contributed by atoms with Crippen LogP contribution in [0.15, 0.2) is 77.1 Å². The Balaban J connectivity index is 1.35. The van der Waals surface area contributed by atoms with E-state index in [9.17, 15) is 14.7 Å². The first-order valence-corrected chi connectivity index (χ1v) is 14.6. The highest BCUT2D eigenvalue weighted by atomic mass is 32.2. The maximum absolute atomic E-state index is 13.1. The summed E-state index contributed by atoms with van der Waals surface area (Å²) in [6, 6.07) is 21.8. The minimum atomic E-state index is -0.688. The van der Waals surface area contributed by atoms with Crippen molar-refractivity contribution in [2.75, 3.05) is 11.1 Å². The Hall–Kier alpha value is -3.41. The fraction of sp³-hybridized carbons (Fsp3) is 0.267. The normalized spacial score (nSPS) is 18.8. The zero-order valence-corrected chi connectivity index (χ0v) is 23.7. The average molecular weight is 576 g/mol. The summed E-state index contributed by atoms with van der Waals surface area (Å²) in [6.07, 6.45) is -0.416. The number of hydrogen-bond acceptors (Lipinski definition) is 9. The number of aliphatic hydroxyl groups is 1. The van der Waals surface area contributed by atoms with Crippen molar-refractivity contribution in [3.63, 3.8) is 0 Å². The molecule has 8 nitrogen and oxygen atoms in total. The van der Waals surface area contributed by atoms with Gasteiger partial charge in [-0.3, -0.25) is 9.59 Å². The van der Waals surface area contributed by atoms with E-state index in [1.165, 1.54) is 6.92 Å². The lowest BCUT2D eigenvalue weighted by Crippen LogP contribution is -2.31. The van der Waals surface area contributed by atoms with E-state index in [2.05, 4.69) is 15.5 Å². The lowest BCUT2D eigenvalue weighted by Gasteiger charge is -2.36. The fourth-order valence-corrected chi connectivity index (χ4v) is 6.23. The van der Waals surface area contributed by atoms with E-state index < -0.39 is 6.29 Å². The standard InChI is InChI=1S/C30H29N3O5S2/c1-18(35)22-5-4-8-25(14-22)31-28(36)23-6-3-7-24(13-23)29-37-26(17-39-30-33-32-19(2)40-30)15-27(38-29)21-11-9-20(16-34)10-12-21/h3-14,26-27,29,34H,15-17H2,1-2H3,(H,31,36)/t26-,27+,29?/m0/s1. The second-order valence-corrected chi connectivity index (χ2v) is 11.9. The van der Waals surface area contributed by atoms with E-state index in [0.717, 1.165) is 26.0 Å². The molecule has 1 aromatic heterocycles. The second-order valence-electron chi connectivity index (χ2n) is 9.46.